The van der Waals surface area contributed by atoms with E-state index in [0.29, 0.717) is 0 Å². The highest BCUT2D eigenvalue weighted by atomic mass is 35.5. The van der Waals surface area contributed by atoms with Crippen LogP contribution in [-0.2, 0) is 20.6 Å². The topological polar surface area (TPSA) is 46.6 Å². The van der Waals surface area contributed by atoms with Crippen LogP contribution in [0.1, 0.15) is 18.4 Å². The van der Waals surface area contributed by atoms with Crippen LogP contribution in [0.2, 0.25) is 5.02 Å². The first-order valence-corrected chi connectivity index (χ1v) is 8.96. The minimum Gasteiger partial charge on any atom is -0.372 e. The monoisotopic (exact) mass is 353 g/mol. The van der Waals surface area contributed by atoms with E-state index in [-0.39, 0.29) is 41.8 Å². The number of morpholine rings is 1. The average molecular weight is 354 g/mol. The lowest BCUT2D eigenvalue weighted by molar-refractivity contribution is -0.0115. The first-order chi connectivity index (χ1) is 9.91. The summed E-state index contributed by atoms with van der Waals surface area (Å²) in [6, 6.07) is 2.48. The fourth-order valence-electron chi connectivity index (χ4n) is 2.82. The maximum absolute atomic E-state index is 14.3. The van der Waals surface area contributed by atoms with Crippen LogP contribution in [0.5, 0.6) is 0 Å². The van der Waals surface area contributed by atoms with E-state index in [9.17, 15) is 12.8 Å². The molecule has 4 nitrogen and oxygen atoms in total. The number of nitrogens with zero attached hydrogens (tertiary/aromatic N) is 1. The molecule has 2 atom stereocenters. The number of hydrogen-bond acceptors (Lipinski definition) is 3. The van der Waals surface area contributed by atoms with Gasteiger partial charge in [-0.3, -0.25) is 0 Å². The van der Waals surface area contributed by atoms with Gasteiger partial charge in [0, 0.05) is 23.7 Å². The van der Waals surface area contributed by atoms with Crippen molar-refractivity contribution in [2.24, 2.45) is 0 Å². The zero-order valence-electron chi connectivity index (χ0n) is 11.1. The molecular weight excluding hydrogens is 340 g/mol. The van der Waals surface area contributed by atoms with Crippen molar-refractivity contribution in [3.63, 3.8) is 0 Å². The lowest BCUT2D eigenvalue weighted by atomic mass is 10.2. The summed E-state index contributed by atoms with van der Waals surface area (Å²) in [6.07, 6.45) is 1.46. The fraction of sp³-hybridized carbons (Fsp3) is 0.538. The van der Waals surface area contributed by atoms with Gasteiger partial charge in [-0.2, -0.15) is 4.31 Å². The van der Waals surface area contributed by atoms with E-state index in [0.717, 1.165) is 18.9 Å². The Morgan fingerprint density at radius 1 is 1.29 bits per heavy atom. The van der Waals surface area contributed by atoms with Crippen molar-refractivity contribution in [2.45, 2.75) is 35.8 Å². The third-order valence-corrected chi connectivity index (χ3v) is 6.19. The molecule has 2 heterocycles. The van der Waals surface area contributed by atoms with Crippen molar-refractivity contribution in [1.29, 1.82) is 0 Å². The van der Waals surface area contributed by atoms with Gasteiger partial charge in [-0.25, -0.2) is 12.8 Å². The molecule has 2 aliphatic heterocycles. The van der Waals surface area contributed by atoms with Gasteiger partial charge in [-0.1, -0.05) is 11.6 Å². The van der Waals surface area contributed by atoms with Crippen molar-refractivity contribution in [3.8, 4) is 0 Å². The van der Waals surface area contributed by atoms with E-state index in [1.807, 2.05) is 0 Å². The predicted octanol–water partition coefficient (Wildman–Crippen LogP) is 2.77. The molecule has 0 aromatic heterocycles. The van der Waals surface area contributed by atoms with Gasteiger partial charge in [-0.15, -0.1) is 11.6 Å². The van der Waals surface area contributed by atoms with Gasteiger partial charge in [0.1, 0.15) is 10.7 Å². The molecule has 0 saturated carbocycles. The van der Waals surface area contributed by atoms with E-state index < -0.39 is 20.7 Å². The largest absolute Gasteiger partial charge is 0.372 e. The SMILES string of the molecule is O=S(=O)(c1cc(Cl)cc(CCl)c1F)N1CC2CCC(C1)O2. The van der Waals surface area contributed by atoms with Crippen LogP contribution in [0.15, 0.2) is 17.0 Å². The van der Waals surface area contributed by atoms with E-state index in [1.54, 1.807) is 0 Å². The standard InChI is InChI=1S/C13H14Cl2FNO3S/c14-5-8-3-9(15)4-12(13(8)16)21(18,19)17-6-10-1-2-11(7-17)20-10/h3-4,10-11H,1-2,5-7H2. The first kappa shape index (κ1) is 15.5. The van der Waals surface area contributed by atoms with E-state index in [2.05, 4.69) is 0 Å². The zero-order valence-corrected chi connectivity index (χ0v) is 13.4. The van der Waals surface area contributed by atoms with Crippen LogP contribution in [0.3, 0.4) is 0 Å². The molecule has 3 rings (SSSR count). The second-order valence-electron chi connectivity index (χ2n) is 5.29. The van der Waals surface area contributed by atoms with Crippen molar-refractivity contribution >= 4 is 33.2 Å². The molecule has 2 bridgehead atoms. The Labute approximate surface area is 132 Å². The molecule has 2 fully saturated rings. The summed E-state index contributed by atoms with van der Waals surface area (Å²) in [5, 5.41) is 0.154. The number of alkyl halides is 1. The fourth-order valence-corrected chi connectivity index (χ4v) is 4.95. The first-order valence-electron chi connectivity index (χ1n) is 6.61. The van der Waals surface area contributed by atoms with Crippen LogP contribution in [0.25, 0.3) is 0 Å². The lowest BCUT2D eigenvalue weighted by Gasteiger charge is -2.31. The number of benzene rings is 1. The number of fused-ring (bicyclic) bond motifs is 2. The van der Waals surface area contributed by atoms with E-state index in [4.69, 9.17) is 27.9 Å². The average Bonchev–Trinajstić information content (AvgIpc) is 2.79. The van der Waals surface area contributed by atoms with Crippen molar-refractivity contribution in [3.05, 3.63) is 28.5 Å². The molecule has 0 radical (unpaired) electrons. The summed E-state index contributed by atoms with van der Waals surface area (Å²) in [5.41, 5.74) is 0.0824. The molecule has 1 aromatic carbocycles. The molecule has 1 aromatic rings. The maximum atomic E-state index is 14.3. The lowest BCUT2D eigenvalue weighted by Crippen LogP contribution is -2.45. The van der Waals surface area contributed by atoms with Crippen LogP contribution >= 0.6 is 23.2 Å². The zero-order chi connectivity index (χ0) is 15.2. The van der Waals surface area contributed by atoms with Crippen LogP contribution in [0.4, 0.5) is 4.39 Å². The number of rotatable bonds is 3. The Morgan fingerprint density at radius 2 is 1.90 bits per heavy atom. The van der Waals surface area contributed by atoms with Crippen molar-refractivity contribution in [1.82, 2.24) is 4.31 Å². The van der Waals surface area contributed by atoms with Gasteiger partial charge in [0.25, 0.3) is 0 Å². The van der Waals surface area contributed by atoms with Crippen molar-refractivity contribution in [2.75, 3.05) is 13.1 Å². The molecule has 116 valence electrons. The third-order valence-electron chi connectivity index (χ3n) is 3.85. The Bertz CT molecular complexity index is 656. The van der Waals surface area contributed by atoms with Gasteiger partial charge in [0.2, 0.25) is 10.0 Å². The molecule has 0 spiro atoms. The Balaban J connectivity index is 2.00. The van der Waals surface area contributed by atoms with Gasteiger partial charge < -0.3 is 4.74 Å². The van der Waals surface area contributed by atoms with Gasteiger partial charge in [-0.05, 0) is 25.0 Å². The summed E-state index contributed by atoms with van der Waals surface area (Å²) >= 11 is 11.5. The number of halogens is 3. The number of hydrogen-bond donors (Lipinski definition) is 0. The quantitative estimate of drug-likeness (QED) is 0.785. The molecule has 0 amide bonds. The van der Waals surface area contributed by atoms with Gasteiger partial charge in [0.05, 0.1) is 18.1 Å². The minimum absolute atomic E-state index is 0.0824. The smallest absolute Gasteiger partial charge is 0.246 e. The summed E-state index contributed by atoms with van der Waals surface area (Å²) < 4.78 is 46.6. The Morgan fingerprint density at radius 3 is 2.48 bits per heavy atom. The van der Waals surface area contributed by atoms with Crippen molar-refractivity contribution < 1.29 is 17.5 Å². The highest BCUT2D eigenvalue weighted by Crippen LogP contribution is 2.32. The molecule has 21 heavy (non-hydrogen) atoms. The van der Waals surface area contributed by atoms with E-state index >= 15 is 0 Å². The molecule has 2 unspecified atom stereocenters. The maximum Gasteiger partial charge on any atom is 0.246 e. The second-order valence-corrected chi connectivity index (χ2v) is 7.90. The second kappa shape index (κ2) is 5.66. The van der Waals surface area contributed by atoms with Gasteiger partial charge in [0.15, 0.2) is 0 Å². The third kappa shape index (κ3) is 2.80. The van der Waals surface area contributed by atoms with Gasteiger partial charge >= 0.3 is 0 Å². The number of sulfonamides is 1. The van der Waals surface area contributed by atoms with E-state index in [1.165, 1.54) is 10.4 Å². The molecule has 8 heteroatoms. The predicted molar refractivity (Wildman–Crippen MR) is 77.6 cm³/mol. The minimum atomic E-state index is -3.94. The summed E-state index contributed by atoms with van der Waals surface area (Å²) in [5.74, 6) is -0.961. The van der Waals surface area contributed by atoms with Crippen LogP contribution in [-0.4, -0.2) is 38.0 Å². The summed E-state index contributed by atoms with van der Waals surface area (Å²) in [4.78, 5) is -0.410. The van der Waals surface area contributed by atoms with Crippen LogP contribution in [0, 0.1) is 5.82 Å². The summed E-state index contributed by atoms with van der Waals surface area (Å²) in [6.45, 7) is 0.502. The summed E-state index contributed by atoms with van der Waals surface area (Å²) in [7, 11) is -3.94. The Kier molecular flexibility index (Phi) is 4.18. The molecule has 0 N–H and O–H groups in total. The molecule has 2 saturated heterocycles. The molecule has 0 aliphatic carbocycles. The number of ether oxygens (including phenoxy) is 1. The highest BCUT2D eigenvalue weighted by molar-refractivity contribution is 7.89. The Hall–Kier alpha value is -0.400. The molecule has 2 aliphatic rings. The molecular formula is C13H14Cl2FNO3S. The van der Waals surface area contributed by atoms with Crippen LogP contribution < -0.4 is 0 Å². The normalized spacial score (nSPS) is 26.2. The highest BCUT2D eigenvalue weighted by Gasteiger charge is 2.40.